The molecule has 0 bridgehead atoms. The van der Waals surface area contributed by atoms with Crippen LogP contribution in [0.1, 0.15) is 39.5 Å². The summed E-state index contributed by atoms with van der Waals surface area (Å²) in [6.45, 7) is 6.27. The van der Waals surface area contributed by atoms with Gasteiger partial charge in [-0.2, -0.15) is 5.10 Å². The monoisotopic (exact) mass is 341 g/mol. The molecule has 0 saturated heterocycles. The normalized spacial score (nSPS) is 11.2. The molecular weight excluding hydrogens is 317 g/mol. The fourth-order valence-electron chi connectivity index (χ4n) is 2.91. The van der Waals surface area contributed by atoms with Crippen molar-refractivity contribution < 1.29 is 4.39 Å². The van der Waals surface area contributed by atoms with Crippen LogP contribution in [0.3, 0.4) is 0 Å². The predicted molar refractivity (Wildman–Crippen MR) is 98.6 cm³/mol. The van der Waals surface area contributed by atoms with Crippen LogP contribution in [0.15, 0.2) is 36.8 Å². The highest BCUT2D eigenvalue weighted by Crippen LogP contribution is 2.26. The van der Waals surface area contributed by atoms with Gasteiger partial charge in [0.2, 0.25) is 0 Å². The van der Waals surface area contributed by atoms with E-state index in [1.54, 1.807) is 35.4 Å². The summed E-state index contributed by atoms with van der Waals surface area (Å²) in [6.07, 6.45) is 7.76. The minimum Gasteiger partial charge on any atom is -0.356 e. The Kier molecular flexibility index (Phi) is 5.58. The average molecular weight is 341 g/mol. The van der Waals surface area contributed by atoms with Gasteiger partial charge in [0.1, 0.15) is 23.6 Å². The number of rotatable bonds is 8. The van der Waals surface area contributed by atoms with Crippen molar-refractivity contribution in [3.63, 3.8) is 0 Å². The zero-order valence-electron chi connectivity index (χ0n) is 14.8. The molecule has 2 aromatic heterocycles. The largest absolute Gasteiger partial charge is 0.356 e. The second-order valence-corrected chi connectivity index (χ2v) is 6.14. The lowest BCUT2D eigenvalue weighted by Gasteiger charge is -2.23. The van der Waals surface area contributed by atoms with Crippen molar-refractivity contribution >= 4 is 16.9 Å². The minimum absolute atomic E-state index is 0.318. The SMILES string of the molecule is CCCCN(CCCC)c1ncnc2c1cnn2-c1ccccc1F. The quantitative estimate of drug-likeness (QED) is 0.611. The molecule has 132 valence electrons. The molecular formula is C19H24FN5. The summed E-state index contributed by atoms with van der Waals surface area (Å²) in [5.41, 5.74) is 1.03. The zero-order valence-corrected chi connectivity index (χ0v) is 14.8. The smallest absolute Gasteiger partial charge is 0.168 e. The Bertz CT molecular complexity index is 822. The van der Waals surface area contributed by atoms with E-state index in [0.29, 0.717) is 11.3 Å². The number of anilines is 1. The highest BCUT2D eigenvalue weighted by Gasteiger charge is 2.17. The Hall–Kier alpha value is -2.50. The van der Waals surface area contributed by atoms with Crippen molar-refractivity contribution in [1.82, 2.24) is 19.7 Å². The molecule has 0 atom stereocenters. The molecule has 0 amide bonds. The molecule has 0 unspecified atom stereocenters. The van der Waals surface area contributed by atoms with E-state index in [4.69, 9.17) is 0 Å². The van der Waals surface area contributed by atoms with E-state index in [2.05, 4.69) is 33.8 Å². The number of hydrogen-bond acceptors (Lipinski definition) is 4. The highest BCUT2D eigenvalue weighted by molar-refractivity contribution is 5.87. The second-order valence-electron chi connectivity index (χ2n) is 6.14. The Labute approximate surface area is 147 Å². The van der Waals surface area contributed by atoms with E-state index in [-0.39, 0.29) is 5.82 Å². The van der Waals surface area contributed by atoms with E-state index < -0.39 is 0 Å². The lowest BCUT2D eigenvalue weighted by Crippen LogP contribution is -2.26. The summed E-state index contributed by atoms with van der Waals surface area (Å²) in [5, 5.41) is 5.24. The van der Waals surface area contributed by atoms with Gasteiger partial charge in [0.15, 0.2) is 5.65 Å². The third kappa shape index (κ3) is 3.62. The Morgan fingerprint density at radius 3 is 2.44 bits per heavy atom. The molecule has 3 rings (SSSR count). The fraction of sp³-hybridized carbons (Fsp3) is 0.421. The number of unbranched alkanes of at least 4 members (excludes halogenated alkanes) is 2. The maximum absolute atomic E-state index is 14.2. The third-order valence-electron chi connectivity index (χ3n) is 4.29. The van der Waals surface area contributed by atoms with Crippen LogP contribution in [0, 0.1) is 5.82 Å². The van der Waals surface area contributed by atoms with Gasteiger partial charge < -0.3 is 4.90 Å². The molecule has 3 aromatic rings. The number of halogens is 1. The molecule has 25 heavy (non-hydrogen) atoms. The van der Waals surface area contributed by atoms with Crippen LogP contribution in [0.2, 0.25) is 0 Å². The summed E-state index contributed by atoms with van der Waals surface area (Å²) in [4.78, 5) is 11.2. The topological polar surface area (TPSA) is 46.8 Å². The Morgan fingerprint density at radius 2 is 1.76 bits per heavy atom. The van der Waals surface area contributed by atoms with Crippen LogP contribution in [0.25, 0.3) is 16.7 Å². The number of nitrogens with zero attached hydrogens (tertiary/aromatic N) is 5. The number of hydrogen-bond donors (Lipinski definition) is 0. The van der Waals surface area contributed by atoms with Crippen molar-refractivity contribution in [2.24, 2.45) is 0 Å². The second kappa shape index (κ2) is 8.05. The van der Waals surface area contributed by atoms with Crippen LogP contribution < -0.4 is 4.90 Å². The first-order valence-electron chi connectivity index (χ1n) is 8.94. The molecule has 2 heterocycles. The standard InChI is InChI=1S/C19H24FN5/c1-3-5-11-24(12-6-4-2)18-15-13-23-25(19(15)22-14-21-18)17-10-8-7-9-16(17)20/h7-10,13-14H,3-6,11-12H2,1-2H3. The van der Waals surface area contributed by atoms with Gasteiger partial charge in [-0.25, -0.2) is 19.0 Å². The van der Waals surface area contributed by atoms with Gasteiger partial charge in [-0.1, -0.05) is 38.8 Å². The summed E-state index contributed by atoms with van der Waals surface area (Å²) in [6, 6.07) is 6.60. The number of aromatic nitrogens is 4. The van der Waals surface area contributed by atoms with Gasteiger partial charge in [-0.05, 0) is 25.0 Å². The van der Waals surface area contributed by atoms with Crippen molar-refractivity contribution in [1.29, 1.82) is 0 Å². The first-order chi connectivity index (χ1) is 12.3. The van der Waals surface area contributed by atoms with E-state index in [9.17, 15) is 4.39 Å². The van der Waals surface area contributed by atoms with Gasteiger partial charge in [0.05, 0.1) is 11.6 Å². The molecule has 0 fully saturated rings. The van der Waals surface area contributed by atoms with E-state index in [0.717, 1.165) is 50.0 Å². The summed E-state index contributed by atoms with van der Waals surface area (Å²) in [7, 11) is 0. The number of para-hydroxylation sites is 1. The van der Waals surface area contributed by atoms with E-state index >= 15 is 0 Å². The van der Waals surface area contributed by atoms with E-state index in [1.807, 2.05) is 0 Å². The third-order valence-corrected chi connectivity index (χ3v) is 4.29. The first-order valence-corrected chi connectivity index (χ1v) is 8.94. The lowest BCUT2D eigenvalue weighted by molar-refractivity contribution is 0.612. The van der Waals surface area contributed by atoms with Crippen molar-refractivity contribution in [3.05, 3.63) is 42.6 Å². The average Bonchev–Trinajstić information content (AvgIpc) is 3.06. The van der Waals surface area contributed by atoms with E-state index in [1.165, 1.54) is 6.07 Å². The van der Waals surface area contributed by atoms with Gasteiger partial charge in [-0.15, -0.1) is 0 Å². The molecule has 0 saturated carbocycles. The van der Waals surface area contributed by atoms with Gasteiger partial charge >= 0.3 is 0 Å². The molecule has 0 spiro atoms. The molecule has 0 aliphatic carbocycles. The van der Waals surface area contributed by atoms with Crippen LogP contribution in [0.4, 0.5) is 10.2 Å². The Morgan fingerprint density at radius 1 is 1.04 bits per heavy atom. The van der Waals surface area contributed by atoms with Crippen LogP contribution in [-0.2, 0) is 0 Å². The summed E-state index contributed by atoms with van der Waals surface area (Å²) in [5.74, 6) is 0.566. The maximum atomic E-state index is 14.2. The molecule has 0 N–H and O–H groups in total. The molecule has 5 nitrogen and oxygen atoms in total. The van der Waals surface area contributed by atoms with Gasteiger partial charge in [0, 0.05) is 13.1 Å². The van der Waals surface area contributed by atoms with Crippen molar-refractivity contribution in [2.75, 3.05) is 18.0 Å². The van der Waals surface area contributed by atoms with Crippen LogP contribution >= 0.6 is 0 Å². The first kappa shape index (κ1) is 17.3. The van der Waals surface area contributed by atoms with Gasteiger partial charge in [-0.3, -0.25) is 0 Å². The summed E-state index contributed by atoms with van der Waals surface area (Å²) >= 11 is 0. The predicted octanol–water partition coefficient (Wildman–Crippen LogP) is 4.36. The highest BCUT2D eigenvalue weighted by atomic mass is 19.1. The lowest BCUT2D eigenvalue weighted by atomic mass is 10.2. The molecule has 6 heteroatoms. The Balaban J connectivity index is 2.04. The van der Waals surface area contributed by atoms with Gasteiger partial charge in [0.25, 0.3) is 0 Å². The van der Waals surface area contributed by atoms with Crippen molar-refractivity contribution in [2.45, 2.75) is 39.5 Å². The molecule has 1 aromatic carbocycles. The minimum atomic E-state index is -0.318. The maximum Gasteiger partial charge on any atom is 0.168 e. The van der Waals surface area contributed by atoms with Crippen LogP contribution in [0.5, 0.6) is 0 Å². The number of fused-ring (bicyclic) bond motifs is 1. The zero-order chi connectivity index (χ0) is 17.6. The molecule has 0 aliphatic rings. The molecule has 0 radical (unpaired) electrons. The molecule has 0 aliphatic heterocycles. The summed E-state index contributed by atoms with van der Waals surface area (Å²) < 4.78 is 15.7. The van der Waals surface area contributed by atoms with Crippen LogP contribution in [-0.4, -0.2) is 32.8 Å². The number of benzene rings is 1. The van der Waals surface area contributed by atoms with Crippen molar-refractivity contribution in [3.8, 4) is 5.69 Å². The fourth-order valence-corrected chi connectivity index (χ4v) is 2.91.